The van der Waals surface area contributed by atoms with Crippen LogP contribution < -0.4 is 5.32 Å². The molecule has 0 bridgehead atoms. The Labute approximate surface area is 127 Å². The average molecular weight is 331 g/mol. The molecule has 1 unspecified atom stereocenters. The number of methoxy groups -OCH3 is 1. The van der Waals surface area contributed by atoms with Crippen molar-refractivity contribution in [1.82, 2.24) is 10.3 Å². The number of sulfone groups is 1. The van der Waals surface area contributed by atoms with Crippen molar-refractivity contribution in [3.8, 4) is 0 Å². The van der Waals surface area contributed by atoms with Gasteiger partial charge in [-0.05, 0) is 6.42 Å². The van der Waals surface area contributed by atoms with Gasteiger partial charge in [-0.25, -0.2) is 13.4 Å². The molecule has 9 nitrogen and oxygen atoms in total. The van der Waals surface area contributed by atoms with E-state index in [0.717, 1.165) is 5.01 Å². The van der Waals surface area contributed by atoms with Gasteiger partial charge in [-0.15, -0.1) is 0 Å². The van der Waals surface area contributed by atoms with Crippen LogP contribution in [0.5, 0.6) is 0 Å². The molecule has 0 aliphatic carbocycles. The second-order valence-corrected chi connectivity index (χ2v) is 7.33. The molecule has 2 aliphatic rings. The highest BCUT2D eigenvalue weighted by Gasteiger charge is 2.37. The zero-order valence-electron chi connectivity index (χ0n) is 12.1. The maximum atomic E-state index is 11.9. The summed E-state index contributed by atoms with van der Waals surface area (Å²) < 4.78 is 27.4. The lowest BCUT2D eigenvalue weighted by Crippen LogP contribution is -2.44. The molecule has 22 heavy (non-hydrogen) atoms. The third-order valence-corrected chi connectivity index (χ3v) is 5.25. The van der Waals surface area contributed by atoms with Crippen LogP contribution in [0, 0.1) is 0 Å². The molecule has 1 fully saturated rings. The Morgan fingerprint density at radius 2 is 2.14 bits per heavy atom. The maximum absolute atomic E-state index is 11.9. The first-order valence-electron chi connectivity index (χ1n) is 6.77. The van der Waals surface area contributed by atoms with E-state index in [-0.39, 0.29) is 42.5 Å². The molecule has 0 aromatic carbocycles. The smallest absolute Gasteiger partial charge is 0.325 e. The summed E-state index contributed by atoms with van der Waals surface area (Å²) in [5, 5.41) is 7.43. The van der Waals surface area contributed by atoms with Crippen LogP contribution in [-0.4, -0.2) is 68.1 Å². The monoisotopic (exact) mass is 331 g/mol. The zero-order valence-corrected chi connectivity index (χ0v) is 12.9. The van der Waals surface area contributed by atoms with Crippen LogP contribution in [-0.2, 0) is 29.0 Å². The van der Waals surface area contributed by atoms with Gasteiger partial charge < -0.3 is 10.1 Å². The highest BCUT2D eigenvalue weighted by molar-refractivity contribution is 7.91. The third kappa shape index (κ3) is 3.81. The molecular weight excluding hydrogens is 314 g/mol. The SMILES string of the molecule is COC(=O)CNC(=O)C1=NN(C2CCS(=O)(=O)C2)C(=O)CC1. The van der Waals surface area contributed by atoms with Gasteiger partial charge in [0, 0.05) is 12.8 Å². The summed E-state index contributed by atoms with van der Waals surface area (Å²) >= 11 is 0. The molecule has 10 heteroatoms. The van der Waals surface area contributed by atoms with Crippen molar-refractivity contribution in [2.45, 2.75) is 25.3 Å². The highest BCUT2D eigenvalue weighted by atomic mass is 32.2. The van der Waals surface area contributed by atoms with Gasteiger partial charge >= 0.3 is 5.97 Å². The molecule has 0 aromatic heterocycles. The van der Waals surface area contributed by atoms with Crippen molar-refractivity contribution in [1.29, 1.82) is 0 Å². The normalized spacial score (nSPS) is 23.9. The van der Waals surface area contributed by atoms with Crippen molar-refractivity contribution in [2.24, 2.45) is 5.10 Å². The number of nitrogens with zero attached hydrogens (tertiary/aromatic N) is 2. The van der Waals surface area contributed by atoms with Crippen molar-refractivity contribution in [2.75, 3.05) is 25.2 Å². The van der Waals surface area contributed by atoms with Crippen molar-refractivity contribution < 1.29 is 27.5 Å². The third-order valence-electron chi connectivity index (χ3n) is 3.50. The quantitative estimate of drug-likeness (QED) is 0.622. The number of rotatable bonds is 4. The van der Waals surface area contributed by atoms with E-state index in [1.165, 1.54) is 7.11 Å². The summed E-state index contributed by atoms with van der Waals surface area (Å²) in [5.41, 5.74) is 0.104. The van der Waals surface area contributed by atoms with Crippen LogP contribution >= 0.6 is 0 Å². The second-order valence-electron chi connectivity index (χ2n) is 5.10. The molecule has 0 aromatic rings. The number of ether oxygens (including phenoxy) is 1. The molecular formula is C12H17N3O6S. The van der Waals surface area contributed by atoms with Gasteiger partial charge in [-0.3, -0.25) is 14.4 Å². The minimum atomic E-state index is -3.16. The topological polar surface area (TPSA) is 122 Å². The highest BCUT2D eigenvalue weighted by Crippen LogP contribution is 2.22. The lowest BCUT2D eigenvalue weighted by Gasteiger charge is -2.27. The Morgan fingerprint density at radius 3 is 2.73 bits per heavy atom. The van der Waals surface area contributed by atoms with E-state index in [0.29, 0.717) is 6.42 Å². The van der Waals surface area contributed by atoms with Gasteiger partial charge in [-0.2, -0.15) is 5.10 Å². The summed E-state index contributed by atoms with van der Waals surface area (Å²) in [6.45, 7) is -0.292. The molecule has 1 N–H and O–H groups in total. The Kier molecular flexibility index (Phi) is 4.79. The van der Waals surface area contributed by atoms with Crippen LogP contribution in [0.25, 0.3) is 0 Å². The summed E-state index contributed by atoms with van der Waals surface area (Å²) in [6.07, 6.45) is 0.553. The number of nitrogens with one attached hydrogen (secondary N) is 1. The predicted molar refractivity (Wildman–Crippen MR) is 75.6 cm³/mol. The van der Waals surface area contributed by atoms with Crippen LogP contribution in [0.2, 0.25) is 0 Å². The van der Waals surface area contributed by atoms with Gasteiger partial charge in [0.2, 0.25) is 5.91 Å². The molecule has 2 heterocycles. The fraction of sp³-hybridized carbons (Fsp3) is 0.667. The van der Waals surface area contributed by atoms with Crippen LogP contribution in [0.4, 0.5) is 0 Å². The van der Waals surface area contributed by atoms with Gasteiger partial charge in [-0.1, -0.05) is 0 Å². The fourth-order valence-electron chi connectivity index (χ4n) is 2.31. The number of amides is 2. The number of esters is 1. The minimum absolute atomic E-state index is 0.0147. The van der Waals surface area contributed by atoms with Crippen LogP contribution in [0.15, 0.2) is 5.10 Å². The van der Waals surface area contributed by atoms with Gasteiger partial charge in [0.15, 0.2) is 9.84 Å². The lowest BCUT2D eigenvalue weighted by molar-refractivity contribution is -0.140. The summed E-state index contributed by atoms with van der Waals surface area (Å²) in [4.78, 5) is 34.8. The first-order chi connectivity index (χ1) is 10.3. The molecule has 0 saturated carbocycles. The van der Waals surface area contributed by atoms with E-state index < -0.39 is 27.8 Å². The molecule has 122 valence electrons. The van der Waals surface area contributed by atoms with E-state index >= 15 is 0 Å². The minimum Gasteiger partial charge on any atom is -0.468 e. The largest absolute Gasteiger partial charge is 0.468 e. The molecule has 1 saturated heterocycles. The van der Waals surface area contributed by atoms with E-state index in [4.69, 9.17) is 0 Å². The maximum Gasteiger partial charge on any atom is 0.325 e. The first kappa shape index (κ1) is 16.4. The molecule has 1 atom stereocenters. The zero-order chi connectivity index (χ0) is 16.3. The Morgan fingerprint density at radius 1 is 1.41 bits per heavy atom. The molecule has 2 rings (SSSR count). The van der Waals surface area contributed by atoms with Crippen molar-refractivity contribution in [3.63, 3.8) is 0 Å². The van der Waals surface area contributed by atoms with E-state index in [1.54, 1.807) is 0 Å². The predicted octanol–water partition coefficient (Wildman–Crippen LogP) is -1.56. The number of hydrogen-bond donors (Lipinski definition) is 1. The van der Waals surface area contributed by atoms with Gasteiger partial charge in [0.1, 0.15) is 12.3 Å². The summed E-state index contributed by atoms with van der Waals surface area (Å²) in [5.74, 6) is -1.59. The van der Waals surface area contributed by atoms with E-state index in [9.17, 15) is 22.8 Å². The van der Waals surface area contributed by atoms with Crippen LogP contribution in [0.1, 0.15) is 19.3 Å². The van der Waals surface area contributed by atoms with Crippen molar-refractivity contribution in [3.05, 3.63) is 0 Å². The number of hydrazone groups is 1. The number of carbonyl (C=O) groups is 3. The van der Waals surface area contributed by atoms with E-state index in [1.807, 2.05) is 0 Å². The first-order valence-corrected chi connectivity index (χ1v) is 8.59. The van der Waals surface area contributed by atoms with Crippen LogP contribution in [0.3, 0.4) is 0 Å². The van der Waals surface area contributed by atoms with Gasteiger partial charge in [0.05, 0.1) is 24.7 Å². The number of carbonyl (C=O) groups excluding carboxylic acids is 3. The summed E-state index contributed by atoms with van der Waals surface area (Å²) in [6, 6.07) is -0.527. The Balaban J connectivity index is 2.06. The van der Waals surface area contributed by atoms with E-state index in [2.05, 4.69) is 15.2 Å². The fourth-order valence-corrected chi connectivity index (χ4v) is 4.01. The van der Waals surface area contributed by atoms with Gasteiger partial charge in [0.25, 0.3) is 5.91 Å². The number of hydrogen-bond acceptors (Lipinski definition) is 7. The lowest BCUT2D eigenvalue weighted by atomic mass is 10.1. The standard InChI is InChI=1S/C12H17N3O6S/c1-21-11(17)6-13-12(18)9-2-3-10(16)15(14-9)8-4-5-22(19,20)7-8/h8H,2-7H2,1H3,(H,13,18). The summed E-state index contributed by atoms with van der Waals surface area (Å²) in [7, 11) is -1.95. The Hall–Kier alpha value is -1.97. The second kappa shape index (κ2) is 6.42. The molecule has 0 spiro atoms. The molecule has 2 amide bonds. The molecule has 0 radical (unpaired) electrons. The van der Waals surface area contributed by atoms with Crippen molar-refractivity contribution >= 4 is 33.3 Å². The molecule has 2 aliphatic heterocycles. The Bertz CT molecular complexity index is 627. The average Bonchev–Trinajstić information content (AvgIpc) is 2.84.